The number of hydrogen-bond acceptors (Lipinski definition) is 6. The smallest absolute Gasteiger partial charge is 0.261 e. The maximum Gasteiger partial charge on any atom is 0.261 e. The zero-order chi connectivity index (χ0) is 25.2. The number of carbonyl (C=O) groups is 1. The molecule has 0 spiro atoms. The molecule has 0 bridgehead atoms. The van der Waals surface area contributed by atoms with E-state index in [1.54, 1.807) is 53.5 Å². The minimum Gasteiger partial charge on any atom is -0.326 e. The number of carbonyl (C=O) groups excluding carboxylic acids is 1. The van der Waals surface area contributed by atoms with Crippen LogP contribution >= 0.6 is 0 Å². The lowest BCUT2D eigenvalue weighted by Crippen LogP contribution is -2.14. The molecule has 0 fully saturated rings. The fourth-order valence-corrected chi connectivity index (χ4v) is 5.11. The topological polar surface area (TPSA) is 127 Å². The zero-order valence-electron chi connectivity index (χ0n) is 18.8. The minimum atomic E-state index is -3.90. The van der Waals surface area contributed by atoms with Crippen molar-refractivity contribution in [1.29, 1.82) is 0 Å². The van der Waals surface area contributed by atoms with Crippen LogP contribution in [0.1, 0.15) is 6.92 Å². The maximum absolute atomic E-state index is 13.0. The van der Waals surface area contributed by atoms with E-state index >= 15 is 0 Å². The van der Waals surface area contributed by atoms with E-state index in [-0.39, 0.29) is 15.7 Å². The fraction of sp³-hybridized carbons (Fsp3) is 0.0833. The summed E-state index contributed by atoms with van der Waals surface area (Å²) >= 11 is 0. The third-order valence-corrected chi connectivity index (χ3v) is 7.59. The van der Waals surface area contributed by atoms with Crippen molar-refractivity contribution in [1.82, 2.24) is 9.78 Å². The molecule has 4 rings (SSSR count). The number of sulfone groups is 1. The third-order valence-electron chi connectivity index (χ3n) is 5.08. The molecule has 0 atom stereocenters. The van der Waals surface area contributed by atoms with Crippen LogP contribution < -0.4 is 10.0 Å². The molecule has 0 unspecified atom stereocenters. The van der Waals surface area contributed by atoms with E-state index in [2.05, 4.69) is 15.1 Å². The van der Waals surface area contributed by atoms with Gasteiger partial charge in [0.15, 0.2) is 9.84 Å². The van der Waals surface area contributed by atoms with Crippen LogP contribution in [-0.2, 0) is 24.7 Å². The van der Waals surface area contributed by atoms with E-state index < -0.39 is 19.9 Å². The largest absolute Gasteiger partial charge is 0.326 e. The Morgan fingerprint density at radius 3 is 2.11 bits per heavy atom. The number of rotatable bonds is 7. The van der Waals surface area contributed by atoms with Crippen molar-refractivity contribution >= 4 is 37.1 Å². The van der Waals surface area contributed by atoms with Gasteiger partial charge in [0.25, 0.3) is 10.0 Å². The molecule has 3 aromatic carbocycles. The lowest BCUT2D eigenvalue weighted by Gasteiger charge is -2.12. The zero-order valence-corrected chi connectivity index (χ0v) is 20.5. The van der Waals surface area contributed by atoms with E-state index in [1.807, 2.05) is 0 Å². The Hall–Kier alpha value is -3.96. The lowest BCUT2D eigenvalue weighted by molar-refractivity contribution is -0.114. The Bertz CT molecular complexity index is 1590. The maximum atomic E-state index is 13.0. The van der Waals surface area contributed by atoms with Gasteiger partial charge >= 0.3 is 0 Å². The van der Waals surface area contributed by atoms with E-state index in [1.165, 1.54) is 43.3 Å². The summed E-state index contributed by atoms with van der Waals surface area (Å²) in [4.78, 5) is 11.4. The number of hydrogen-bond donors (Lipinski definition) is 2. The molecule has 0 aliphatic rings. The predicted molar refractivity (Wildman–Crippen MR) is 134 cm³/mol. The quantitative estimate of drug-likeness (QED) is 0.390. The van der Waals surface area contributed by atoms with Gasteiger partial charge in [-0.15, -0.1) is 0 Å². The molecule has 2 N–H and O–H groups in total. The highest BCUT2D eigenvalue weighted by atomic mass is 32.2. The van der Waals surface area contributed by atoms with Gasteiger partial charge in [0.05, 0.1) is 27.4 Å². The molecule has 1 amide bonds. The van der Waals surface area contributed by atoms with E-state index in [9.17, 15) is 21.6 Å². The van der Waals surface area contributed by atoms with Gasteiger partial charge in [0.2, 0.25) is 5.91 Å². The highest BCUT2D eigenvalue weighted by molar-refractivity contribution is 7.92. The number of nitrogens with one attached hydrogen (secondary N) is 2. The van der Waals surface area contributed by atoms with Crippen LogP contribution in [0.2, 0.25) is 0 Å². The fourth-order valence-electron chi connectivity index (χ4n) is 3.40. The van der Waals surface area contributed by atoms with Gasteiger partial charge < -0.3 is 5.32 Å². The second-order valence-corrected chi connectivity index (χ2v) is 11.5. The minimum absolute atomic E-state index is 0.0445. The Labute approximate surface area is 203 Å². The van der Waals surface area contributed by atoms with Crippen molar-refractivity contribution in [2.75, 3.05) is 16.3 Å². The molecule has 0 saturated heterocycles. The first-order valence-electron chi connectivity index (χ1n) is 10.4. The van der Waals surface area contributed by atoms with Crippen molar-refractivity contribution < 1.29 is 21.6 Å². The van der Waals surface area contributed by atoms with Gasteiger partial charge in [0.1, 0.15) is 0 Å². The second-order valence-electron chi connectivity index (χ2n) is 7.80. The average Bonchev–Trinajstić information content (AvgIpc) is 3.29. The molecule has 1 aromatic heterocycles. The molecule has 0 aliphatic heterocycles. The van der Waals surface area contributed by atoms with Crippen LogP contribution in [0.3, 0.4) is 0 Å². The lowest BCUT2D eigenvalue weighted by atomic mass is 10.1. The Morgan fingerprint density at radius 1 is 0.857 bits per heavy atom. The summed E-state index contributed by atoms with van der Waals surface area (Å²) in [5, 5.41) is 6.94. The van der Waals surface area contributed by atoms with Crippen LogP contribution in [0.25, 0.3) is 16.8 Å². The molecular weight excluding hydrogens is 488 g/mol. The summed E-state index contributed by atoms with van der Waals surface area (Å²) in [6.45, 7) is 1.37. The summed E-state index contributed by atoms with van der Waals surface area (Å²) < 4.78 is 53.5. The first-order chi connectivity index (χ1) is 16.5. The number of amides is 1. The van der Waals surface area contributed by atoms with Crippen LogP contribution in [-0.4, -0.2) is 38.8 Å². The van der Waals surface area contributed by atoms with Gasteiger partial charge in [-0.05, 0) is 54.6 Å². The van der Waals surface area contributed by atoms with Crippen molar-refractivity contribution in [3.8, 4) is 16.8 Å². The molecule has 1 heterocycles. The van der Waals surface area contributed by atoms with Crippen molar-refractivity contribution in [3.63, 3.8) is 0 Å². The van der Waals surface area contributed by atoms with Crippen LogP contribution in [0.15, 0.2) is 95.0 Å². The van der Waals surface area contributed by atoms with Crippen molar-refractivity contribution in [2.24, 2.45) is 0 Å². The second kappa shape index (κ2) is 9.35. The molecule has 180 valence electrons. The summed E-state index contributed by atoms with van der Waals surface area (Å²) in [5.74, 6) is -0.250. The van der Waals surface area contributed by atoms with E-state index in [4.69, 9.17) is 0 Å². The summed E-state index contributed by atoms with van der Waals surface area (Å²) in [6.07, 6.45) is 4.47. The molecular formula is C24H22N4O5S2. The Kier molecular flexibility index (Phi) is 6.46. The molecule has 35 heavy (non-hydrogen) atoms. The Morgan fingerprint density at radius 2 is 1.49 bits per heavy atom. The third kappa shape index (κ3) is 5.58. The number of nitrogens with zero attached hydrogens (tertiary/aromatic N) is 2. The Balaban J connectivity index is 1.60. The molecule has 9 nitrogen and oxygen atoms in total. The molecule has 0 aliphatic carbocycles. The molecule has 0 saturated carbocycles. The normalized spacial score (nSPS) is 11.7. The van der Waals surface area contributed by atoms with Gasteiger partial charge in [-0.25, -0.2) is 21.5 Å². The van der Waals surface area contributed by atoms with Gasteiger partial charge in [-0.1, -0.05) is 18.2 Å². The molecule has 11 heteroatoms. The SMILES string of the molecule is CC(=O)Nc1ccc(S(=O)(=O)Nc2ccccc2-c2cnn(-c3ccc(S(C)(=O)=O)cc3)c2)cc1. The number of para-hydroxylation sites is 1. The van der Waals surface area contributed by atoms with E-state index in [0.717, 1.165) is 6.26 Å². The van der Waals surface area contributed by atoms with Crippen molar-refractivity contribution in [2.45, 2.75) is 16.7 Å². The van der Waals surface area contributed by atoms with E-state index in [0.29, 0.717) is 28.2 Å². The number of sulfonamides is 1. The average molecular weight is 511 g/mol. The monoisotopic (exact) mass is 510 g/mol. The first-order valence-corrected chi connectivity index (χ1v) is 13.8. The summed E-state index contributed by atoms with van der Waals surface area (Å²) in [6, 6.07) is 19.1. The van der Waals surface area contributed by atoms with Gasteiger partial charge in [-0.3, -0.25) is 9.52 Å². The van der Waals surface area contributed by atoms with Crippen LogP contribution in [0.4, 0.5) is 11.4 Å². The highest BCUT2D eigenvalue weighted by Gasteiger charge is 2.17. The molecule has 0 radical (unpaired) electrons. The highest BCUT2D eigenvalue weighted by Crippen LogP contribution is 2.30. The standard InChI is InChI=1S/C24H22N4O5S2/c1-17(29)26-19-7-11-22(12-8-19)35(32,33)27-24-6-4-3-5-23(24)18-15-25-28(16-18)20-9-13-21(14-10-20)34(2,30)31/h3-16,27H,1-2H3,(H,26,29). The van der Waals surface area contributed by atoms with Gasteiger partial charge in [-0.2, -0.15) is 5.10 Å². The number of aromatic nitrogens is 2. The van der Waals surface area contributed by atoms with Gasteiger partial charge in [0, 0.05) is 36.2 Å². The summed E-state index contributed by atoms with van der Waals surface area (Å²) in [7, 11) is -7.21. The van der Waals surface area contributed by atoms with Crippen LogP contribution in [0.5, 0.6) is 0 Å². The number of benzene rings is 3. The predicted octanol–water partition coefficient (Wildman–Crippen LogP) is 3.70. The molecule has 4 aromatic rings. The summed E-state index contributed by atoms with van der Waals surface area (Å²) in [5.41, 5.74) is 2.79. The number of anilines is 2. The van der Waals surface area contributed by atoms with Crippen molar-refractivity contribution in [3.05, 3.63) is 85.2 Å². The first kappa shape index (κ1) is 24.2. The van der Waals surface area contributed by atoms with Crippen LogP contribution in [0, 0.1) is 0 Å².